The molecule has 1 aromatic rings. The molecule has 1 aliphatic rings. The molecular weight excluding hydrogens is 327 g/mol. The molecule has 0 aliphatic carbocycles. The van der Waals surface area contributed by atoms with Gasteiger partial charge >= 0.3 is 0 Å². The maximum absolute atomic E-state index is 14.5. The van der Waals surface area contributed by atoms with E-state index in [0.29, 0.717) is 27.7 Å². The van der Waals surface area contributed by atoms with Crippen molar-refractivity contribution in [1.82, 2.24) is 0 Å². The van der Waals surface area contributed by atoms with Gasteiger partial charge in [-0.25, -0.2) is 4.39 Å². The van der Waals surface area contributed by atoms with Gasteiger partial charge in [-0.2, -0.15) is 0 Å². The third-order valence-corrected chi connectivity index (χ3v) is 4.75. The Hall–Kier alpha value is -0.680. The van der Waals surface area contributed by atoms with Crippen molar-refractivity contribution in [3.05, 3.63) is 28.0 Å². The Balaban J connectivity index is 2.40. The van der Waals surface area contributed by atoms with Crippen LogP contribution in [0.1, 0.15) is 32.3 Å². The van der Waals surface area contributed by atoms with Gasteiger partial charge < -0.3 is 10.6 Å². The van der Waals surface area contributed by atoms with Gasteiger partial charge in [0.1, 0.15) is 4.99 Å². The largest absolute Gasteiger partial charge is 0.389 e. The minimum absolute atomic E-state index is 0.206. The Morgan fingerprint density at radius 1 is 1.42 bits per heavy atom. The number of nitrogens with zero attached hydrogens (tertiary/aromatic N) is 1. The van der Waals surface area contributed by atoms with E-state index in [1.807, 2.05) is 0 Å². The first-order valence-electron chi connectivity index (χ1n) is 6.46. The van der Waals surface area contributed by atoms with Crippen molar-refractivity contribution in [3.63, 3.8) is 0 Å². The molecule has 0 bridgehead atoms. The molecule has 104 valence electrons. The van der Waals surface area contributed by atoms with E-state index in [9.17, 15) is 4.39 Å². The summed E-state index contributed by atoms with van der Waals surface area (Å²) in [5, 5.41) is 0. The lowest BCUT2D eigenvalue weighted by Gasteiger charge is -2.39. The lowest BCUT2D eigenvalue weighted by molar-refractivity contribution is 0.386. The van der Waals surface area contributed by atoms with Gasteiger partial charge in [0.05, 0.1) is 10.2 Å². The molecule has 2 atom stereocenters. The molecule has 1 saturated heterocycles. The summed E-state index contributed by atoms with van der Waals surface area (Å²) in [5.74, 6) is 0.316. The topological polar surface area (TPSA) is 29.3 Å². The fourth-order valence-corrected chi connectivity index (χ4v) is 3.43. The lowest BCUT2D eigenvalue weighted by atomic mass is 9.94. The monoisotopic (exact) mass is 344 g/mol. The molecule has 0 radical (unpaired) electrons. The Labute approximate surface area is 127 Å². The van der Waals surface area contributed by atoms with Crippen LogP contribution < -0.4 is 10.6 Å². The highest BCUT2D eigenvalue weighted by Gasteiger charge is 2.26. The van der Waals surface area contributed by atoms with E-state index >= 15 is 0 Å². The molecule has 0 spiro atoms. The summed E-state index contributed by atoms with van der Waals surface area (Å²) in [7, 11) is 0. The molecule has 1 fully saturated rings. The second-order valence-corrected chi connectivity index (χ2v) is 6.54. The van der Waals surface area contributed by atoms with E-state index < -0.39 is 0 Å². The van der Waals surface area contributed by atoms with Gasteiger partial charge in [-0.15, -0.1) is 0 Å². The number of hydrogen-bond donors (Lipinski definition) is 1. The quantitative estimate of drug-likeness (QED) is 0.826. The second-order valence-electron chi connectivity index (χ2n) is 5.31. The Bertz CT molecular complexity index is 506. The summed E-state index contributed by atoms with van der Waals surface area (Å²) in [4.78, 5) is 2.34. The van der Waals surface area contributed by atoms with Gasteiger partial charge in [0.15, 0.2) is 5.82 Å². The van der Waals surface area contributed by atoms with Crippen LogP contribution in [-0.4, -0.2) is 17.6 Å². The molecule has 2 unspecified atom stereocenters. The van der Waals surface area contributed by atoms with Crippen LogP contribution in [-0.2, 0) is 0 Å². The number of thiocarbonyl (C=S) groups is 1. The third-order valence-electron chi connectivity index (χ3n) is 3.75. The van der Waals surface area contributed by atoms with E-state index in [4.69, 9.17) is 18.0 Å². The summed E-state index contributed by atoms with van der Waals surface area (Å²) < 4.78 is 14.9. The Morgan fingerprint density at radius 2 is 2.11 bits per heavy atom. The zero-order valence-electron chi connectivity index (χ0n) is 11.1. The molecule has 5 heteroatoms. The van der Waals surface area contributed by atoms with Crippen molar-refractivity contribution < 1.29 is 4.39 Å². The second kappa shape index (κ2) is 5.75. The summed E-state index contributed by atoms with van der Waals surface area (Å²) in [6.07, 6.45) is 2.29. The molecule has 1 aromatic carbocycles. The fourth-order valence-electron chi connectivity index (χ4n) is 2.58. The summed E-state index contributed by atoms with van der Waals surface area (Å²) in [5.41, 5.74) is 6.76. The predicted octanol–water partition coefficient (Wildman–Crippen LogP) is 3.85. The van der Waals surface area contributed by atoms with Gasteiger partial charge in [0, 0.05) is 18.2 Å². The SMILES string of the molecule is CC1CCC(C)N(c2ccc(C(N)=S)c(Br)c2F)C1. The van der Waals surface area contributed by atoms with Crippen molar-refractivity contribution in [2.24, 2.45) is 11.7 Å². The number of benzene rings is 1. The van der Waals surface area contributed by atoms with Gasteiger partial charge in [-0.3, -0.25) is 0 Å². The number of nitrogens with two attached hydrogens (primary N) is 1. The highest BCUT2D eigenvalue weighted by molar-refractivity contribution is 9.10. The molecule has 2 nitrogen and oxygen atoms in total. The number of anilines is 1. The third kappa shape index (κ3) is 2.92. The van der Waals surface area contributed by atoms with Crippen LogP contribution in [0.5, 0.6) is 0 Å². The molecule has 19 heavy (non-hydrogen) atoms. The van der Waals surface area contributed by atoms with Crippen molar-refractivity contribution >= 4 is 38.8 Å². The van der Waals surface area contributed by atoms with Crippen molar-refractivity contribution in [2.45, 2.75) is 32.7 Å². The minimum Gasteiger partial charge on any atom is -0.389 e. The molecule has 1 aliphatic heterocycles. The molecule has 1 heterocycles. The van der Waals surface area contributed by atoms with Crippen LogP contribution in [0, 0.1) is 11.7 Å². The van der Waals surface area contributed by atoms with Crippen LogP contribution in [0.25, 0.3) is 0 Å². The molecule has 0 saturated carbocycles. The van der Waals surface area contributed by atoms with Gasteiger partial charge in [-0.1, -0.05) is 19.1 Å². The summed E-state index contributed by atoms with van der Waals surface area (Å²) in [6.45, 7) is 5.23. The van der Waals surface area contributed by atoms with Crippen LogP contribution in [0.2, 0.25) is 0 Å². The van der Waals surface area contributed by atoms with E-state index in [1.54, 1.807) is 12.1 Å². The zero-order chi connectivity index (χ0) is 14.2. The molecule has 2 N–H and O–H groups in total. The maximum Gasteiger partial charge on any atom is 0.161 e. The molecule has 2 rings (SSSR count). The van der Waals surface area contributed by atoms with Gasteiger partial charge in [-0.05, 0) is 53.7 Å². The Kier molecular flexibility index (Phi) is 4.46. The predicted molar refractivity (Wildman–Crippen MR) is 85.2 cm³/mol. The molecule has 0 amide bonds. The van der Waals surface area contributed by atoms with Crippen LogP contribution in [0.15, 0.2) is 16.6 Å². The van der Waals surface area contributed by atoms with E-state index in [0.717, 1.165) is 13.0 Å². The average molecular weight is 345 g/mol. The van der Waals surface area contributed by atoms with E-state index in [1.165, 1.54) is 6.42 Å². The van der Waals surface area contributed by atoms with Crippen molar-refractivity contribution in [2.75, 3.05) is 11.4 Å². The summed E-state index contributed by atoms with van der Waals surface area (Å²) >= 11 is 8.18. The molecule has 0 aromatic heterocycles. The number of halogens is 2. The standard InChI is InChI=1S/C14H18BrFN2S/c1-8-3-4-9(2)18(7-8)11-6-5-10(14(17)19)12(15)13(11)16/h5-6,8-9H,3-4,7H2,1-2H3,(H2,17,19). The first-order chi connectivity index (χ1) is 8.91. The van der Waals surface area contributed by atoms with E-state index in [2.05, 4.69) is 34.7 Å². The van der Waals surface area contributed by atoms with Crippen LogP contribution in [0.4, 0.5) is 10.1 Å². The van der Waals surface area contributed by atoms with Crippen molar-refractivity contribution in [1.29, 1.82) is 0 Å². The zero-order valence-corrected chi connectivity index (χ0v) is 13.5. The first-order valence-corrected chi connectivity index (χ1v) is 7.66. The normalized spacial score (nSPS) is 23.5. The van der Waals surface area contributed by atoms with Crippen LogP contribution >= 0.6 is 28.1 Å². The van der Waals surface area contributed by atoms with Crippen LogP contribution in [0.3, 0.4) is 0 Å². The maximum atomic E-state index is 14.5. The van der Waals surface area contributed by atoms with Gasteiger partial charge in [0.25, 0.3) is 0 Å². The average Bonchev–Trinajstić information content (AvgIpc) is 2.35. The smallest absolute Gasteiger partial charge is 0.161 e. The van der Waals surface area contributed by atoms with E-state index in [-0.39, 0.29) is 10.8 Å². The summed E-state index contributed by atoms with van der Waals surface area (Å²) in [6, 6.07) is 3.92. The van der Waals surface area contributed by atoms with Gasteiger partial charge in [0.2, 0.25) is 0 Å². The Morgan fingerprint density at radius 3 is 2.74 bits per heavy atom. The lowest BCUT2D eigenvalue weighted by Crippen LogP contribution is -2.41. The minimum atomic E-state index is -0.272. The first kappa shape index (κ1) is 14.7. The molecular formula is C14H18BrFN2S. The van der Waals surface area contributed by atoms with Crippen molar-refractivity contribution in [3.8, 4) is 0 Å². The highest BCUT2D eigenvalue weighted by Crippen LogP contribution is 2.34. The highest BCUT2D eigenvalue weighted by atomic mass is 79.9. The fraction of sp³-hybridized carbons (Fsp3) is 0.500. The number of rotatable bonds is 2. The number of hydrogen-bond acceptors (Lipinski definition) is 2. The number of piperidine rings is 1.